The molecule has 0 saturated heterocycles. The van der Waals surface area contributed by atoms with Crippen LogP contribution in [0.3, 0.4) is 0 Å². The number of anilines is 1. The molecule has 2 atom stereocenters. The number of hydrogen-bond acceptors (Lipinski definition) is 2. The van der Waals surface area contributed by atoms with Gasteiger partial charge in [0.1, 0.15) is 5.52 Å². The lowest BCUT2D eigenvalue weighted by molar-refractivity contribution is 0.189. The van der Waals surface area contributed by atoms with Gasteiger partial charge in [0.25, 0.3) is 0 Å². The van der Waals surface area contributed by atoms with Gasteiger partial charge in [-0.1, -0.05) is 26.7 Å². The second-order valence-corrected chi connectivity index (χ2v) is 6.33. The van der Waals surface area contributed by atoms with Gasteiger partial charge in [0.05, 0.1) is 5.52 Å². The predicted molar refractivity (Wildman–Crippen MR) is 79.9 cm³/mol. The highest BCUT2D eigenvalue weighted by molar-refractivity contribution is 5.79. The number of benzene rings is 1. The first-order valence-electron chi connectivity index (χ1n) is 7.62. The molecule has 0 amide bonds. The predicted octanol–water partition coefficient (Wildman–Crippen LogP) is 4.28. The summed E-state index contributed by atoms with van der Waals surface area (Å²) in [5, 5.41) is 0. The van der Waals surface area contributed by atoms with Gasteiger partial charge >= 0.3 is 0 Å². The zero-order chi connectivity index (χ0) is 15.1. The summed E-state index contributed by atoms with van der Waals surface area (Å²) >= 11 is 0. The van der Waals surface area contributed by atoms with Crippen LogP contribution >= 0.6 is 0 Å². The second kappa shape index (κ2) is 5.28. The van der Waals surface area contributed by atoms with E-state index in [2.05, 4.69) is 18.8 Å². The third-order valence-electron chi connectivity index (χ3n) is 4.74. The van der Waals surface area contributed by atoms with E-state index in [4.69, 9.17) is 5.73 Å². The van der Waals surface area contributed by atoms with Gasteiger partial charge in [-0.3, -0.25) is 0 Å². The van der Waals surface area contributed by atoms with Crippen LogP contribution in [0.2, 0.25) is 0 Å². The summed E-state index contributed by atoms with van der Waals surface area (Å²) in [6, 6.07) is 2.70. The van der Waals surface area contributed by atoms with Gasteiger partial charge in [0.15, 0.2) is 11.6 Å². The molecule has 3 nitrogen and oxygen atoms in total. The molecule has 0 spiro atoms. The van der Waals surface area contributed by atoms with Gasteiger partial charge in [-0.25, -0.2) is 13.8 Å². The molecule has 1 aliphatic rings. The van der Waals surface area contributed by atoms with Crippen LogP contribution in [0.15, 0.2) is 12.1 Å². The van der Waals surface area contributed by atoms with E-state index in [1.54, 1.807) is 4.57 Å². The minimum absolute atomic E-state index is 0.0973. The fraction of sp³-hybridized carbons (Fsp3) is 0.562. The van der Waals surface area contributed by atoms with Crippen LogP contribution in [0.4, 0.5) is 14.7 Å². The summed E-state index contributed by atoms with van der Waals surface area (Å²) in [7, 11) is 0. The molecule has 2 aromatic rings. The van der Waals surface area contributed by atoms with Crippen LogP contribution in [0, 0.1) is 23.5 Å². The lowest BCUT2D eigenvalue weighted by Crippen LogP contribution is -2.28. The molecule has 2 N–H and O–H groups in total. The third-order valence-corrected chi connectivity index (χ3v) is 4.74. The molecule has 3 rings (SSSR count). The highest BCUT2D eigenvalue weighted by atomic mass is 19.2. The van der Waals surface area contributed by atoms with Crippen LogP contribution in [0.1, 0.15) is 45.6 Å². The Balaban J connectivity index is 2.18. The topological polar surface area (TPSA) is 43.8 Å². The maximum Gasteiger partial charge on any atom is 0.201 e. The van der Waals surface area contributed by atoms with Crippen molar-refractivity contribution in [3.63, 3.8) is 0 Å². The molecular formula is C16H21F2N3. The summed E-state index contributed by atoms with van der Waals surface area (Å²) < 4.78 is 29.6. The first kappa shape index (κ1) is 14.3. The first-order chi connectivity index (χ1) is 10.0. The van der Waals surface area contributed by atoms with Crippen LogP contribution in [0.25, 0.3) is 11.0 Å². The normalized spacial score (nSPS) is 23.1. The van der Waals surface area contributed by atoms with E-state index in [0.717, 1.165) is 25.3 Å². The number of imidazole rings is 1. The second-order valence-electron chi connectivity index (χ2n) is 6.33. The van der Waals surface area contributed by atoms with E-state index < -0.39 is 11.6 Å². The number of halogens is 2. The lowest BCUT2D eigenvalue weighted by atomic mass is 9.77. The van der Waals surface area contributed by atoms with Crippen molar-refractivity contribution in [1.29, 1.82) is 0 Å². The Bertz CT molecular complexity index is 663. The molecule has 2 unspecified atom stereocenters. The van der Waals surface area contributed by atoms with E-state index in [0.29, 0.717) is 17.4 Å². The van der Waals surface area contributed by atoms with Gasteiger partial charge in [-0.2, -0.15) is 0 Å². The average Bonchev–Trinajstić information content (AvgIpc) is 2.80. The van der Waals surface area contributed by atoms with Crippen molar-refractivity contribution in [2.24, 2.45) is 11.8 Å². The highest BCUT2D eigenvalue weighted by Crippen LogP contribution is 2.41. The Labute approximate surface area is 123 Å². The van der Waals surface area contributed by atoms with E-state index in [1.165, 1.54) is 12.5 Å². The van der Waals surface area contributed by atoms with Gasteiger partial charge in [0, 0.05) is 6.04 Å². The van der Waals surface area contributed by atoms with E-state index in [-0.39, 0.29) is 17.5 Å². The maximum atomic E-state index is 14.3. The molecule has 1 saturated carbocycles. The summed E-state index contributed by atoms with van der Waals surface area (Å²) in [6.07, 6.45) is 4.31. The molecular weight excluding hydrogens is 272 g/mol. The first-order valence-corrected chi connectivity index (χ1v) is 7.62. The van der Waals surface area contributed by atoms with Crippen molar-refractivity contribution in [3.8, 4) is 0 Å². The minimum Gasteiger partial charge on any atom is -0.369 e. The summed E-state index contributed by atoms with van der Waals surface area (Å²) in [5.41, 5.74) is 6.67. The number of hydrogen-bond donors (Lipinski definition) is 1. The summed E-state index contributed by atoms with van der Waals surface area (Å²) in [6.45, 7) is 4.35. The van der Waals surface area contributed by atoms with Gasteiger partial charge < -0.3 is 10.3 Å². The fourth-order valence-electron chi connectivity index (χ4n) is 3.71. The molecule has 1 aromatic carbocycles. The third kappa shape index (κ3) is 2.28. The Morgan fingerprint density at radius 3 is 2.67 bits per heavy atom. The molecule has 1 aromatic heterocycles. The van der Waals surface area contributed by atoms with Gasteiger partial charge in [-0.15, -0.1) is 0 Å². The highest BCUT2D eigenvalue weighted by Gasteiger charge is 2.32. The fourth-order valence-corrected chi connectivity index (χ4v) is 3.71. The van der Waals surface area contributed by atoms with Gasteiger partial charge in [0.2, 0.25) is 5.95 Å². The zero-order valence-corrected chi connectivity index (χ0v) is 12.4. The molecule has 21 heavy (non-hydrogen) atoms. The molecule has 114 valence electrons. The smallest absolute Gasteiger partial charge is 0.201 e. The van der Waals surface area contributed by atoms with E-state index >= 15 is 0 Å². The molecule has 1 heterocycles. The number of aromatic nitrogens is 2. The van der Waals surface area contributed by atoms with Crippen LogP contribution in [-0.2, 0) is 0 Å². The van der Waals surface area contributed by atoms with Crippen molar-refractivity contribution < 1.29 is 8.78 Å². The zero-order valence-electron chi connectivity index (χ0n) is 12.4. The van der Waals surface area contributed by atoms with Crippen LogP contribution in [-0.4, -0.2) is 9.55 Å². The summed E-state index contributed by atoms with van der Waals surface area (Å²) in [5.74, 6) is -0.512. The van der Waals surface area contributed by atoms with E-state index in [9.17, 15) is 8.78 Å². The van der Waals surface area contributed by atoms with Crippen molar-refractivity contribution in [1.82, 2.24) is 9.55 Å². The monoisotopic (exact) mass is 293 g/mol. The SMILES string of the molecule is CC(C)C1CCCCC1n1c(N)nc2ccc(F)c(F)c21. The standard InChI is InChI=1S/C16H21F2N3/c1-9(2)10-5-3-4-6-13(10)21-15-12(20-16(21)19)8-7-11(17)14(15)18/h7-10,13H,3-6H2,1-2H3,(H2,19,20). The largest absolute Gasteiger partial charge is 0.369 e. The van der Waals surface area contributed by atoms with Crippen molar-refractivity contribution in [2.45, 2.75) is 45.6 Å². The molecule has 0 bridgehead atoms. The maximum absolute atomic E-state index is 14.3. The average molecular weight is 293 g/mol. The number of rotatable bonds is 2. The molecule has 0 radical (unpaired) electrons. The number of fused-ring (bicyclic) bond motifs is 1. The van der Waals surface area contributed by atoms with E-state index in [1.807, 2.05) is 0 Å². The summed E-state index contributed by atoms with van der Waals surface area (Å²) in [4.78, 5) is 4.22. The molecule has 1 aliphatic carbocycles. The van der Waals surface area contributed by atoms with Crippen molar-refractivity contribution in [3.05, 3.63) is 23.8 Å². The Hall–Kier alpha value is -1.65. The molecule has 5 heteroatoms. The Kier molecular flexibility index (Phi) is 3.59. The molecule has 0 aliphatic heterocycles. The van der Waals surface area contributed by atoms with Crippen molar-refractivity contribution in [2.75, 3.05) is 5.73 Å². The Morgan fingerprint density at radius 2 is 1.95 bits per heavy atom. The van der Waals surface area contributed by atoms with Crippen molar-refractivity contribution >= 4 is 17.0 Å². The van der Waals surface area contributed by atoms with Crippen LogP contribution < -0.4 is 5.73 Å². The number of nitrogens with zero attached hydrogens (tertiary/aromatic N) is 2. The molecule has 1 fully saturated rings. The Morgan fingerprint density at radius 1 is 1.24 bits per heavy atom. The van der Waals surface area contributed by atoms with Crippen LogP contribution in [0.5, 0.6) is 0 Å². The lowest BCUT2D eigenvalue weighted by Gasteiger charge is -2.36. The number of nitrogens with two attached hydrogens (primary N) is 1. The number of nitrogen functional groups attached to an aromatic ring is 1. The minimum atomic E-state index is -0.847. The quantitative estimate of drug-likeness (QED) is 0.898. The van der Waals surface area contributed by atoms with Gasteiger partial charge in [-0.05, 0) is 36.8 Å².